The second kappa shape index (κ2) is 7.76. The Morgan fingerprint density at radius 3 is 2.81 bits per heavy atom. The molecule has 0 bridgehead atoms. The van der Waals surface area contributed by atoms with Gasteiger partial charge in [0, 0.05) is 36.4 Å². The quantitative estimate of drug-likeness (QED) is 0.430. The van der Waals surface area contributed by atoms with Gasteiger partial charge in [-0.05, 0) is 67.8 Å². The summed E-state index contributed by atoms with van der Waals surface area (Å²) in [6.45, 7) is 3.62. The molecule has 0 saturated carbocycles. The lowest BCUT2D eigenvalue weighted by Crippen LogP contribution is -2.28. The number of furan rings is 1. The fourth-order valence-corrected chi connectivity index (χ4v) is 4.28. The highest BCUT2D eigenvalue weighted by molar-refractivity contribution is 5.87. The maximum atomic E-state index is 5.52. The highest BCUT2D eigenvalue weighted by atomic mass is 16.5. The minimum atomic E-state index is 0.323. The lowest BCUT2D eigenvalue weighted by atomic mass is 10.1. The van der Waals surface area contributed by atoms with Crippen molar-refractivity contribution in [3.63, 3.8) is 0 Å². The van der Waals surface area contributed by atoms with E-state index in [1.165, 1.54) is 5.56 Å². The Kier molecular flexibility index (Phi) is 4.61. The molecule has 3 aromatic heterocycles. The van der Waals surface area contributed by atoms with E-state index in [2.05, 4.69) is 46.1 Å². The van der Waals surface area contributed by atoms with Gasteiger partial charge in [0.1, 0.15) is 17.2 Å². The van der Waals surface area contributed by atoms with E-state index in [1.54, 1.807) is 12.5 Å². The summed E-state index contributed by atoms with van der Waals surface area (Å²) < 4.78 is 13.1. The maximum absolute atomic E-state index is 5.52. The summed E-state index contributed by atoms with van der Waals surface area (Å²) in [4.78, 5) is 14.3. The number of aryl methyl sites for hydroxylation is 1. The monoisotopic (exact) mass is 425 g/mol. The van der Waals surface area contributed by atoms with Crippen LogP contribution in [0.4, 0.5) is 5.95 Å². The van der Waals surface area contributed by atoms with Crippen molar-refractivity contribution in [3.8, 4) is 17.2 Å². The van der Waals surface area contributed by atoms with Gasteiger partial charge in [-0.3, -0.25) is 4.57 Å². The molecular weight excluding hydrogens is 402 g/mol. The molecule has 0 spiro atoms. The van der Waals surface area contributed by atoms with Crippen molar-refractivity contribution in [2.45, 2.75) is 25.8 Å². The molecule has 0 amide bonds. The Hall–Kier alpha value is -3.71. The second-order valence-corrected chi connectivity index (χ2v) is 8.21. The SMILES string of the molecule is Cc1ccc2nc(-c3ccc4occc4c3)n(-c3ccnc(NC4CCOCC4)n3)c2c1. The molecule has 1 N–H and O–H groups in total. The highest BCUT2D eigenvalue weighted by Crippen LogP contribution is 2.31. The molecule has 1 aliphatic rings. The molecule has 4 heterocycles. The Morgan fingerprint density at radius 2 is 1.91 bits per heavy atom. The molecule has 0 radical (unpaired) electrons. The van der Waals surface area contributed by atoms with Gasteiger partial charge in [-0.2, -0.15) is 4.98 Å². The van der Waals surface area contributed by atoms with E-state index >= 15 is 0 Å². The number of imidazole rings is 1. The van der Waals surface area contributed by atoms with Crippen molar-refractivity contribution in [2.75, 3.05) is 18.5 Å². The molecule has 1 fully saturated rings. The third-order valence-electron chi connectivity index (χ3n) is 5.95. The fourth-order valence-electron chi connectivity index (χ4n) is 4.28. The van der Waals surface area contributed by atoms with Gasteiger partial charge in [-0.15, -0.1) is 0 Å². The van der Waals surface area contributed by atoms with Crippen LogP contribution in [0, 0.1) is 6.92 Å². The van der Waals surface area contributed by atoms with E-state index in [-0.39, 0.29) is 0 Å². The summed E-state index contributed by atoms with van der Waals surface area (Å²) in [6.07, 6.45) is 5.42. The minimum absolute atomic E-state index is 0.323. The molecule has 1 aliphatic heterocycles. The van der Waals surface area contributed by atoms with Crippen LogP contribution in [0.3, 0.4) is 0 Å². The summed E-state index contributed by atoms with van der Waals surface area (Å²) >= 11 is 0. The Bertz CT molecular complexity index is 1410. The molecule has 7 heteroatoms. The van der Waals surface area contributed by atoms with E-state index in [4.69, 9.17) is 19.1 Å². The van der Waals surface area contributed by atoms with Gasteiger partial charge >= 0.3 is 0 Å². The molecule has 5 aromatic rings. The number of nitrogens with zero attached hydrogens (tertiary/aromatic N) is 4. The van der Waals surface area contributed by atoms with Crippen LogP contribution in [-0.4, -0.2) is 38.8 Å². The summed E-state index contributed by atoms with van der Waals surface area (Å²) in [7, 11) is 0. The standard InChI is InChI=1S/C25H23N5O2/c1-16-2-4-20-21(14-16)30(24(28-20)18-3-5-22-17(15-18)7-13-32-22)23-6-10-26-25(29-23)27-19-8-11-31-12-9-19/h2-7,10,13-15,19H,8-9,11-12H2,1H3,(H,26,27,29). The lowest BCUT2D eigenvalue weighted by molar-refractivity contribution is 0.0903. The largest absolute Gasteiger partial charge is 0.464 e. The molecule has 6 rings (SSSR count). The van der Waals surface area contributed by atoms with Gasteiger partial charge in [0.05, 0.1) is 17.3 Å². The average Bonchev–Trinajstić information content (AvgIpc) is 3.43. The van der Waals surface area contributed by atoms with Crippen LogP contribution < -0.4 is 5.32 Å². The van der Waals surface area contributed by atoms with Crippen LogP contribution in [0.15, 0.2) is 65.4 Å². The van der Waals surface area contributed by atoms with Gasteiger partial charge < -0.3 is 14.5 Å². The molecule has 0 atom stereocenters. The summed E-state index contributed by atoms with van der Waals surface area (Å²) in [5, 5.41) is 4.52. The zero-order valence-electron chi connectivity index (χ0n) is 17.8. The predicted octanol–water partition coefficient (Wildman–Crippen LogP) is 5.13. The first-order valence-electron chi connectivity index (χ1n) is 10.9. The van der Waals surface area contributed by atoms with Gasteiger partial charge in [0.15, 0.2) is 0 Å². The number of rotatable bonds is 4. The van der Waals surface area contributed by atoms with Crippen molar-refractivity contribution >= 4 is 28.0 Å². The minimum Gasteiger partial charge on any atom is -0.464 e. The number of anilines is 1. The number of hydrogen-bond acceptors (Lipinski definition) is 6. The van der Waals surface area contributed by atoms with E-state index in [0.717, 1.165) is 65.3 Å². The predicted molar refractivity (Wildman–Crippen MR) is 124 cm³/mol. The van der Waals surface area contributed by atoms with Crippen LogP contribution in [0.1, 0.15) is 18.4 Å². The molecule has 0 unspecified atom stereocenters. The average molecular weight is 425 g/mol. The highest BCUT2D eigenvalue weighted by Gasteiger charge is 2.18. The van der Waals surface area contributed by atoms with Crippen LogP contribution in [0.25, 0.3) is 39.2 Å². The zero-order chi connectivity index (χ0) is 21.5. The number of fused-ring (bicyclic) bond motifs is 2. The molecule has 32 heavy (non-hydrogen) atoms. The third-order valence-corrected chi connectivity index (χ3v) is 5.95. The van der Waals surface area contributed by atoms with Gasteiger partial charge in [0.25, 0.3) is 0 Å². The molecule has 1 saturated heterocycles. The first-order chi connectivity index (χ1) is 15.7. The third kappa shape index (κ3) is 3.40. The van der Waals surface area contributed by atoms with Crippen molar-refractivity contribution in [1.29, 1.82) is 0 Å². The van der Waals surface area contributed by atoms with Crippen molar-refractivity contribution in [1.82, 2.24) is 19.5 Å². The molecule has 7 nitrogen and oxygen atoms in total. The van der Waals surface area contributed by atoms with E-state index in [1.807, 2.05) is 24.3 Å². The summed E-state index contributed by atoms with van der Waals surface area (Å²) in [6, 6.07) is 16.6. The fraction of sp³-hybridized carbons (Fsp3) is 0.240. The van der Waals surface area contributed by atoms with Crippen LogP contribution in [-0.2, 0) is 4.74 Å². The molecular formula is C25H23N5O2. The number of nitrogens with one attached hydrogen (secondary N) is 1. The first kappa shape index (κ1) is 19.0. The van der Waals surface area contributed by atoms with Crippen LogP contribution in [0.2, 0.25) is 0 Å². The normalized spacial score (nSPS) is 14.9. The van der Waals surface area contributed by atoms with Crippen molar-refractivity contribution in [3.05, 3.63) is 66.6 Å². The molecule has 2 aromatic carbocycles. The van der Waals surface area contributed by atoms with E-state index < -0.39 is 0 Å². The van der Waals surface area contributed by atoms with Gasteiger partial charge in [0.2, 0.25) is 5.95 Å². The topological polar surface area (TPSA) is 78.0 Å². The summed E-state index contributed by atoms with van der Waals surface area (Å²) in [5.41, 5.74) is 4.98. The summed E-state index contributed by atoms with van der Waals surface area (Å²) in [5.74, 6) is 2.24. The smallest absolute Gasteiger partial charge is 0.224 e. The van der Waals surface area contributed by atoms with E-state index in [9.17, 15) is 0 Å². The maximum Gasteiger partial charge on any atom is 0.224 e. The molecule has 160 valence electrons. The Morgan fingerprint density at radius 1 is 1.00 bits per heavy atom. The van der Waals surface area contributed by atoms with Crippen molar-refractivity contribution < 1.29 is 9.15 Å². The first-order valence-corrected chi connectivity index (χ1v) is 10.9. The van der Waals surface area contributed by atoms with Gasteiger partial charge in [-0.1, -0.05) is 6.07 Å². The second-order valence-electron chi connectivity index (χ2n) is 8.21. The number of aromatic nitrogens is 4. The number of benzene rings is 2. The Labute approximate surface area is 185 Å². The molecule has 0 aliphatic carbocycles. The van der Waals surface area contributed by atoms with Crippen molar-refractivity contribution in [2.24, 2.45) is 0 Å². The number of ether oxygens (including phenoxy) is 1. The number of hydrogen-bond donors (Lipinski definition) is 1. The zero-order valence-corrected chi connectivity index (χ0v) is 17.8. The Balaban J connectivity index is 1.49. The van der Waals surface area contributed by atoms with Gasteiger partial charge in [-0.25, -0.2) is 9.97 Å². The van der Waals surface area contributed by atoms with E-state index in [0.29, 0.717) is 12.0 Å². The lowest BCUT2D eigenvalue weighted by Gasteiger charge is -2.23. The van der Waals surface area contributed by atoms with Crippen LogP contribution in [0.5, 0.6) is 0 Å². The van der Waals surface area contributed by atoms with Crippen LogP contribution >= 0.6 is 0 Å².